The highest BCUT2D eigenvalue weighted by Crippen LogP contribution is 2.38. The molecule has 3 rings (SSSR count). The van der Waals surface area contributed by atoms with E-state index < -0.39 is 0 Å². The Balaban J connectivity index is 1.88. The third-order valence-electron chi connectivity index (χ3n) is 4.26. The van der Waals surface area contributed by atoms with Crippen LogP contribution in [0.5, 0.6) is 0 Å². The summed E-state index contributed by atoms with van der Waals surface area (Å²) >= 11 is 1.72. The van der Waals surface area contributed by atoms with Gasteiger partial charge in [0.25, 0.3) is 0 Å². The van der Waals surface area contributed by atoms with Gasteiger partial charge in [0.15, 0.2) is 0 Å². The number of esters is 1. The maximum absolute atomic E-state index is 12.2. The third-order valence-corrected chi connectivity index (χ3v) is 5.51. The number of hydrogen-bond donors (Lipinski definition) is 1. The Bertz CT molecular complexity index is 690. The zero-order valence-corrected chi connectivity index (χ0v) is 13.9. The second kappa shape index (κ2) is 6.53. The Kier molecular flexibility index (Phi) is 4.48. The summed E-state index contributed by atoms with van der Waals surface area (Å²) in [4.78, 5) is 13.5. The van der Waals surface area contributed by atoms with E-state index in [1.807, 2.05) is 12.1 Å². The number of hydrogen-bond acceptors (Lipinski definition) is 4. The molecule has 22 heavy (non-hydrogen) atoms. The average molecular weight is 315 g/mol. The molecule has 116 valence electrons. The second-order valence-corrected chi connectivity index (χ2v) is 6.79. The lowest BCUT2D eigenvalue weighted by molar-refractivity contribution is 0.0601. The van der Waals surface area contributed by atoms with E-state index in [1.165, 1.54) is 35.1 Å². The Hall–Kier alpha value is -1.81. The van der Waals surface area contributed by atoms with E-state index in [0.29, 0.717) is 0 Å². The van der Waals surface area contributed by atoms with Crippen molar-refractivity contribution in [2.24, 2.45) is 0 Å². The van der Waals surface area contributed by atoms with Gasteiger partial charge in [-0.2, -0.15) is 0 Å². The van der Waals surface area contributed by atoms with E-state index in [2.05, 4.69) is 24.4 Å². The lowest BCUT2D eigenvalue weighted by Gasteiger charge is -2.12. The van der Waals surface area contributed by atoms with Crippen molar-refractivity contribution in [2.75, 3.05) is 12.4 Å². The summed E-state index contributed by atoms with van der Waals surface area (Å²) < 4.78 is 5.00. The summed E-state index contributed by atoms with van der Waals surface area (Å²) in [6.07, 6.45) is 4.44. The van der Waals surface area contributed by atoms with E-state index in [4.69, 9.17) is 4.74 Å². The number of nitrogens with one attached hydrogen (secondary N) is 1. The summed E-state index contributed by atoms with van der Waals surface area (Å²) in [6, 6.07) is 8.32. The van der Waals surface area contributed by atoms with Gasteiger partial charge in [-0.25, -0.2) is 4.79 Å². The van der Waals surface area contributed by atoms with Crippen LogP contribution in [-0.4, -0.2) is 13.1 Å². The van der Waals surface area contributed by atoms with Gasteiger partial charge < -0.3 is 10.1 Å². The van der Waals surface area contributed by atoms with E-state index in [-0.39, 0.29) is 5.97 Å². The van der Waals surface area contributed by atoms with Gasteiger partial charge in [-0.15, -0.1) is 11.3 Å². The van der Waals surface area contributed by atoms with Crippen LogP contribution in [0.2, 0.25) is 0 Å². The fourth-order valence-corrected chi connectivity index (χ4v) is 4.27. The van der Waals surface area contributed by atoms with E-state index in [9.17, 15) is 4.79 Å². The summed E-state index contributed by atoms with van der Waals surface area (Å²) in [5, 5.41) is 4.42. The molecule has 0 saturated heterocycles. The third kappa shape index (κ3) is 2.88. The van der Waals surface area contributed by atoms with Crippen LogP contribution in [-0.2, 0) is 24.1 Å². The van der Waals surface area contributed by atoms with Gasteiger partial charge in [-0.05, 0) is 49.3 Å². The fraction of sp³-hybridized carbons (Fsp3) is 0.389. The first-order valence-corrected chi connectivity index (χ1v) is 8.53. The molecule has 0 unspecified atom stereocenters. The number of methoxy groups -OCH3 is 1. The molecule has 1 aliphatic carbocycles. The molecule has 0 atom stereocenters. The van der Waals surface area contributed by atoms with Gasteiger partial charge in [0.05, 0.1) is 12.7 Å². The highest BCUT2D eigenvalue weighted by atomic mass is 32.1. The highest BCUT2D eigenvalue weighted by molar-refractivity contribution is 7.16. The Labute approximate surface area is 135 Å². The molecule has 4 heteroatoms. The summed E-state index contributed by atoms with van der Waals surface area (Å²) in [5.41, 5.74) is 4.48. The second-order valence-electron chi connectivity index (χ2n) is 5.69. The molecule has 0 fully saturated rings. The number of carbonyl (C=O) groups is 1. The van der Waals surface area contributed by atoms with Crippen molar-refractivity contribution < 1.29 is 9.53 Å². The topological polar surface area (TPSA) is 38.3 Å². The molecule has 1 aromatic carbocycles. The van der Waals surface area contributed by atoms with Crippen LogP contribution in [0.3, 0.4) is 0 Å². The standard InChI is InChI=1S/C18H21NO2S/c1-12-7-3-4-8-13(12)11-19-17-16(18(20)21-2)14-9-5-6-10-15(14)22-17/h3-4,7-8,19H,5-6,9-11H2,1-2H3. The number of benzene rings is 1. The molecule has 1 heterocycles. The van der Waals surface area contributed by atoms with Gasteiger partial charge in [-0.1, -0.05) is 24.3 Å². The monoisotopic (exact) mass is 315 g/mol. The number of thiophene rings is 1. The van der Waals surface area contributed by atoms with Crippen LogP contribution in [0.15, 0.2) is 24.3 Å². The maximum Gasteiger partial charge on any atom is 0.341 e. The lowest BCUT2D eigenvalue weighted by Crippen LogP contribution is -2.10. The van der Waals surface area contributed by atoms with Crippen molar-refractivity contribution in [2.45, 2.75) is 39.2 Å². The molecular weight excluding hydrogens is 294 g/mol. The summed E-state index contributed by atoms with van der Waals surface area (Å²) in [5.74, 6) is -0.216. The van der Waals surface area contributed by atoms with Gasteiger partial charge in [0, 0.05) is 11.4 Å². The van der Waals surface area contributed by atoms with Crippen molar-refractivity contribution in [3.05, 3.63) is 51.4 Å². The SMILES string of the molecule is COC(=O)c1c(NCc2ccccc2C)sc2c1CCCC2. The number of carbonyl (C=O) groups excluding carboxylic acids is 1. The van der Waals surface area contributed by atoms with Crippen LogP contribution < -0.4 is 5.32 Å². The predicted octanol–water partition coefficient (Wildman–Crippen LogP) is 4.33. The number of aryl methyl sites for hydroxylation is 2. The Morgan fingerprint density at radius 2 is 2.05 bits per heavy atom. The predicted molar refractivity (Wildman–Crippen MR) is 90.8 cm³/mol. The average Bonchev–Trinajstić information content (AvgIpc) is 2.91. The highest BCUT2D eigenvalue weighted by Gasteiger charge is 2.25. The molecule has 2 aromatic rings. The van der Waals surface area contributed by atoms with Gasteiger partial charge >= 0.3 is 5.97 Å². The van der Waals surface area contributed by atoms with Crippen molar-refractivity contribution in [1.82, 2.24) is 0 Å². The molecular formula is C18H21NO2S. The number of rotatable bonds is 4. The zero-order chi connectivity index (χ0) is 15.5. The molecule has 1 aromatic heterocycles. The smallest absolute Gasteiger partial charge is 0.341 e. The van der Waals surface area contributed by atoms with Crippen LogP contribution in [0.1, 0.15) is 44.8 Å². The molecule has 0 amide bonds. The minimum atomic E-state index is -0.216. The van der Waals surface area contributed by atoms with E-state index >= 15 is 0 Å². The van der Waals surface area contributed by atoms with Gasteiger partial charge in [-0.3, -0.25) is 0 Å². The first-order valence-electron chi connectivity index (χ1n) is 7.72. The molecule has 3 nitrogen and oxygen atoms in total. The van der Waals surface area contributed by atoms with Crippen LogP contribution >= 0.6 is 11.3 Å². The molecule has 0 radical (unpaired) electrons. The van der Waals surface area contributed by atoms with Crippen molar-refractivity contribution in [3.63, 3.8) is 0 Å². The van der Waals surface area contributed by atoms with Gasteiger partial charge in [0.2, 0.25) is 0 Å². The van der Waals surface area contributed by atoms with E-state index in [1.54, 1.807) is 11.3 Å². The Morgan fingerprint density at radius 3 is 2.82 bits per heavy atom. The lowest BCUT2D eigenvalue weighted by atomic mass is 9.95. The normalized spacial score (nSPS) is 13.5. The van der Waals surface area contributed by atoms with Crippen LogP contribution in [0.25, 0.3) is 0 Å². The quantitative estimate of drug-likeness (QED) is 0.853. The van der Waals surface area contributed by atoms with E-state index in [0.717, 1.165) is 36.4 Å². The van der Waals surface area contributed by atoms with Crippen LogP contribution in [0.4, 0.5) is 5.00 Å². The Morgan fingerprint density at radius 1 is 1.27 bits per heavy atom. The fourth-order valence-electron chi connectivity index (χ4n) is 2.99. The summed E-state index contributed by atoms with van der Waals surface area (Å²) in [7, 11) is 1.46. The molecule has 0 saturated carbocycles. The minimum absolute atomic E-state index is 0.216. The molecule has 0 bridgehead atoms. The van der Waals surface area contributed by atoms with Crippen molar-refractivity contribution >= 4 is 22.3 Å². The maximum atomic E-state index is 12.2. The molecule has 1 aliphatic rings. The largest absolute Gasteiger partial charge is 0.465 e. The van der Waals surface area contributed by atoms with Crippen LogP contribution in [0, 0.1) is 6.92 Å². The van der Waals surface area contributed by atoms with Gasteiger partial charge in [0.1, 0.15) is 5.00 Å². The van der Waals surface area contributed by atoms with Crippen molar-refractivity contribution in [1.29, 1.82) is 0 Å². The number of ether oxygens (including phenoxy) is 1. The molecule has 0 aliphatic heterocycles. The number of fused-ring (bicyclic) bond motifs is 1. The minimum Gasteiger partial charge on any atom is -0.465 e. The summed E-state index contributed by atoms with van der Waals surface area (Å²) in [6.45, 7) is 2.84. The number of anilines is 1. The zero-order valence-electron chi connectivity index (χ0n) is 13.1. The first kappa shape index (κ1) is 15.1. The van der Waals surface area contributed by atoms with Crippen molar-refractivity contribution in [3.8, 4) is 0 Å². The molecule has 0 spiro atoms. The molecule has 1 N–H and O–H groups in total. The first-order chi connectivity index (χ1) is 10.7.